The molecule has 1 aromatic carbocycles. The van der Waals surface area contributed by atoms with Crippen LogP contribution in [0.2, 0.25) is 0 Å². The van der Waals surface area contributed by atoms with Gasteiger partial charge >= 0.3 is 0 Å². The second-order valence-corrected chi connectivity index (χ2v) is 8.24. The van der Waals surface area contributed by atoms with E-state index in [9.17, 15) is 9.59 Å². The van der Waals surface area contributed by atoms with Gasteiger partial charge in [-0.3, -0.25) is 9.59 Å². The van der Waals surface area contributed by atoms with E-state index in [1.54, 1.807) is 4.90 Å². The molecular weight excluding hydrogens is 312 g/mol. The number of benzene rings is 1. The Hall–Kier alpha value is -1.84. The Morgan fingerprint density at radius 1 is 1.20 bits per heavy atom. The second kappa shape index (κ2) is 6.81. The highest BCUT2D eigenvalue weighted by Crippen LogP contribution is 2.52. The van der Waals surface area contributed by atoms with Crippen LogP contribution in [0, 0.1) is 5.92 Å². The third-order valence-electron chi connectivity index (χ3n) is 6.06. The molecule has 1 saturated heterocycles. The van der Waals surface area contributed by atoms with Crippen molar-refractivity contribution >= 4 is 11.8 Å². The van der Waals surface area contributed by atoms with Gasteiger partial charge < -0.3 is 9.80 Å². The number of piperidine rings is 1. The van der Waals surface area contributed by atoms with Crippen molar-refractivity contribution in [3.63, 3.8) is 0 Å². The number of nitrogens with zero attached hydrogens (tertiary/aromatic N) is 2. The van der Waals surface area contributed by atoms with Gasteiger partial charge in [-0.25, -0.2) is 0 Å². The van der Waals surface area contributed by atoms with Gasteiger partial charge in [-0.1, -0.05) is 38.1 Å². The van der Waals surface area contributed by atoms with Crippen LogP contribution < -0.4 is 0 Å². The minimum absolute atomic E-state index is 0.0652. The van der Waals surface area contributed by atoms with Crippen molar-refractivity contribution < 1.29 is 9.59 Å². The molecule has 0 saturated carbocycles. The van der Waals surface area contributed by atoms with E-state index in [1.165, 1.54) is 11.1 Å². The summed E-state index contributed by atoms with van der Waals surface area (Å²) in [6, 6.07) is 8.64. The quantitative estimate of drug-likeness (QED) is 0.846. The van der Waals surface area contributed by atoms with Gasteiger partial charge in [0, 0.05) is 39.5 Å². The summed E-state index contributed by atoms with van der Waals surface area (Å²) in [5, 5.41) is 0. The Kier molecular flexibility index (Phi) is 4.90. The molecule has 0 unspecified atom stereocenters. The molecule has 0 radical (unpaired) electrons. The summed E-state index contributed by atoms with van der Waals surface area (Å²) in [6.45, 7) is 5.61. The van der Waals surface area contributed by atoms with E-state index in [4.69, 9.17) is 0 Å². The molecule has 1 heterocycles. The molecule has 2 aliphatic rings. The molecule has 25 heavy (non-hydrogen) atoms. The predicted molar refractivity (Wildman–Crippen MR) is 99.4 cm³/mol. The first-order valence-electron chi connectivity index (χ1n) is 9.42. The van der Waals surface area contributed by atoms with Crippen LogP contribution in [0.5, 0.6) is 0 Å². The lowest BCUT2D eigenvalue weighted by Crippen LogP contribution is -2.45. The second-order valence-electron chi connectivity index (χ2n) is 8.24. The maximum absolute atomic E-state index is 12.3. The molecule has 1 spiro atoms. The Bertz CT molecular complexity index is 658. The number of amides is 2. The average molecular weight is 342 g/mol. The fourth-order valence-corrected chi connectivity index (χ4v) is 4.60. The number of carbonyl (C=O) groups is 2. The third kappa shape index (κ3) is 3.31. The van der Waals surface area contributed by atoms with E-state index < -0.39 is 0 Å². The summed E-state index contributed by atoms with van der Waals surface area (Å²) in [4.78, 5) is 28.3. The fourth-order valence-electron chi connectivity index (χ4n) is 4.60. The van der Waals surface area contributed by atoms with E-state index >= 15 is 0 Å². The summed E-state index contributed by atoms with van der Waals surface area (Å²) in [5.74, 6) is 0.832. The monoisotopic (exact) mass is 342 g/mol. The maximum Gasteiger partial charge on any atom is 0.225 e. The van der Waals surface area contributed by atoms with E-state index in [0.29, 0.717) is 12.3 Å². The number of rotatable bonds is 3. The first-order valence-corrected chi connectivity index (χ1v) is 9.42. The molecule has 0 N–H and O–H groups in total. The van der Waals surface area contributed by atoms with Crippen molar-refractivity contribution in [1.29, 1.82) is 0 Å². The summed E-state index contributed by atoms with van der Waals surface area (Å²) in [5.41, 5.74) is 2.91. The molecule has 0 aromatic heterocycles. The molecule has 1 aromatic rings. The van der Waals surface area contributed by atoms with Crippen molar-refractivity contribution in [2.45, 2.75) is 50.9 Å². The van der Waals surface area contributed by atoms with Gasteiger partial charge in [-0.15, -0.1) is 0 Å². The van der Waals surface area contributed by atoms with Crippen LogP contribution in [0.3, 0.4) is 0 Å². The van der Waals surface area contributed by atoms with Gasteiger partial charge in [-0.05, 0) is 41.7 Å². The van der Waals surface area contributed by atoms with Gasteiger partial charge in [0.2, 0.25) is 11.8 Å². The van der Waals surface area contributed by atoms with E-state index in [0.717, 1.165) is 32.4 Å². The molecule has 2 amide bonds. The van der Waals surface area contributed by atoms with Gasteiger partial charge in [0.15, 0.2) is 0 Å². The summed E-state index contributed by atoms with van der Waals surface area (Å²) < 4.78 is 0. The van der Waals surface area contributed by atoms with Crippen LogP contribution in [-0.4, -0.2) is 48.8 Å². The van der Waals surface area contributed by atoms with Gasteiger partial charge in [0.25, 0.3) is 0 Å². The molecule has 1 aliphatic carbocycles. The molecule has 1 aliphatic heterocycles. The van der Waals surface area contributed by atoms with Crippen molar-refractivity contribution in [1.82, 2.24) is 9.80 Å². The molecule has 1 fully saturated rings. The van der Waals surface area contributed by atoms with Gasteiger partial charge in [0.05, 0.1) is 0 Å². The summed E-state index contributed by atoms with van der Waals surface area (Å²) in [7, 11) is 3.66. The number of hydrogen-bond donors (Lipinski definition) is 0. The Morgan fingerprint density at radius 2 is 1.84 bits per heavy atom. The number of hydrogen-bond acceptors (Lipinski definition) is 2. The Balaban J connectivity index is 1.80. The van der Waals surface area contributed by atoms with Crippen LogP contribution in [0.25, 0.3) is 0 Å². The first kappa shape index (κ1) is 18.0. The van der Waals surface area contributed by atoms with Crippen molar-refractivity contribution in [3.8, 4) is 0 Å². The summed E-state index contributed by atoms with van der Waals surface area (Å²) >= 11 is 0. The van der Waals surface area contributed by atoms with Crippen molar-refractivity contribution in [3.05, 3.63) is 35.4 Å². The molecule has 4 nitrogen and oxygen atoms in total. The zero-order valence-corrected chi connectivity index (χ0v) is 15.9. The first-order chi connectivity index (χ1) is 11.8. The zero-order valence-electron chi connectivity index (χ0n) is 15.9. The molecule has 136 valence electrons. The molecule has 4 heteroatoms. The SMILES string of the molecule is CC(C)C(=O)N1CCC2(CC1)C[C@H](CC(=O)N(C)C)c1ccccc12. The van der Waals surface area contributed by atoms with E-state index in [1.807, 2.05) is 32.8 Å². The van der Waals surface area contributed by atoms with Crippen molar-refractivity contribution in [2.24, 2.45) is 5.92 Å². The normalized spacial score (nSPS) is 21.5. The minimum atomic E-state index is 0.0652. The largest absolute Gasteiger partial charge is 0.349 e. The maximum atomic E-state index is 12.3. The van der Waals surface area contributed by atoms with Crippen LogP contribution in [0.1, 0.15) is 56.6 Å². The lowest BCUT2D eigenvalue weighted by atomic mass is 9.73. The Labute approximate surface area is 151 Å². The number of carbonyl (C=O) groups excluding carboxylic acids is 2. The molecule has 0 bridgehead atoms. The standard InChI is InChI=1S/C21H30N2O2/c1-15(2)20(25)23-11-9-21(10-12-23)14-16(13-19(24)22(3)4)17-7-5-6-8-18(17)21/h5-8,15-16H,9-14H2,1-4H3/t16-/m0/s1. The number of fused-ring (bicyclic) bond motifs is 2. The molecule has 3 rings (SSSR count). The smallest absolute Gasteiger partial charge is 0.225 e. The van der Waals surface area contributed by atoms with Gasteiger partial charge in [-0.2, -0.15) is 0 Å². The third-order valence-corrected chi connectivity index (χ3v) is 6.06. The topological polar surface area (TPSA) is 40.6 Å². The minimum Gasteiger partial charge on any atom is -0.349 e. The van der Waals surface area contributed by atoms with E-state index in [2.05, 4.69) is 24.3 Å². The number of likely N-dealkylation sites (tertiary alicyclic amines) is 1. The van der Waals surface area contributed by atoms with Crippen LogP contribution in [0.4, 0.5) is 0 Å². The summed E-state index contributed by atoms with van der Waals surface area (Å²) in [6.07, 6.45) is 3.64. The highest BCUT2D eigenvalue weighted by molar-refractivity contribution is 5.78. The zero-order chi connectivity index (χ0) is 18.2. The van der Waals surface area contributed by atoms with Crippen LogP contribution >= 0.6 is 0 Å². The average Bonchev–Trinajstić information content (AvgIpc) is 2.89. The predicted octanol–water partition coefficient (Wildman–Crippen LogP) is 3.17. The molecular formula is C21H30N2O2. The van der Waals surface area contributed by atoms with Gasteiger partial charge in [0.1, 0.15) is 0 Å². The fraction of sp³-hybridized carbons (Fsp3) is 0.619. The molecule has 1 atom stereocenters. The lowest BCUT2D eigenvalue weighted by Gasteiger charge is -2.41. The lowest BCUT2D eigenvalue weighted by molar-refractivity contribution is -0.136. The van der Waals surface area contributed by atoms with Crippen LogP contribution in [-0.2, 0) is 15.0 Å². The highest BCUT2D eigenvalue weighted by atomic mass is 16.2. The van der Waals surface area contributed by atoms with Crippen molar-refractivity contribution in [2.75, 3.05) is 27.2 Å². The van der Waals surface area contributed by atoms with E-state index in [-0.39, 0.29) is 23.1 Å². The highest BCUT2D eigenvalue weighted by Gasteiger charge is 2.46. The Morgan fingerprint density at radius 3 is 2.44 bits per heavy atom. The van der Waals surface area contributed by atoms with Crippen LogP contribution in [0.15, 0.2) is 24.3 Å².